The monoisotopic (exact) mass is 234 g/mol. The highest BCUT2D eigenvalue weighted by molar-refractivity contribution is 6.34. The standard InChI is InChI=1S/C13H11ClO2/c14-10-5-1-3-8-7-12(16-13(8)10)9-4-2-6-11(9)15/h1,3,5,7,9H,2,4,6H2. The lowest BCUT2D eigenvalue weighted by Crippen LogP contribution is -2.02. The Morgan fingerprint density at radius 2 is 2.25 bits per heavy atom. The molecule has 1 aliphatic carbocycles. The lowest BCUT2D eigenvalue weighted by Gasteiger charge is -2.01. The molecule has 0 saturated heterocycles. The molecule has 1 unspecified atom stereocenters. The second-order valence-electron chi connectivity index (χ2n) is 4.22. The highest BCUT2D eigenvalue weighted by Gasteiger charge is 2.29. The van der Waals surface area contributed by atoms with Crippen molar-refractivity contribution in [1.82, 2.24) is 0 Å². The van der Waals surface area contributed by atoms with Gasteiger partial charge in [-0.05, 0) is 25.0 Å². The van der Waals surface area contributed by atoms with E-state index < -0.39 is 0 Å². The number of ketones is 1. The molecule has 1 aromatic carbocycles. The van der Waals surface area contributed by atoms with E-state index in [0.29, 0.717) is 17.0 Å². The maximum absolute atomic E-state index is 11.6. The molecular weight excluding hydrogens is 224 g/mol. The van der Waals surface area contributed by atoms with Crippen LogP contribution in [0.5, 0.6) is 0 Å². The summed E-state index contributed by atoms with van der Waals surface area (Å²) in [4.78, 5) is 11.6. The summed E-state index contributed by atoms with van der Waals surface area (Å²) in [7, 11) is 0. The summed E-state index contributed by atoms with van der Waals surface area (Å²) in [6, 6.07) is 7.58. The van der Waals surface area contributed by atoms with Crippen LogP contribution >= 0.6 is 11.6 Å². The zero-order valence-corrected chi connectivity index (χ0v) is 9.46. The molecule has 1 saturated carbocycles. The minimum Gasteiger partial charge on any atom is -0.459 e. The first kappa shape index (κ1) is 9.91. The average molecular weight is 235 g/mol. The SMILES string of the molecule is O=C1CCCC1c1cc2cccc(Cl)c2o1. The van der Waals surface area contributed by atoms with Crippen LogP contribution in [0.15, 0.2) is 28.7 Å². The zero-order chi connectivity index (χ0) is 11.1. The molecule has 2 nitrogen and oxygen atoms in total. The second kappa shape index (κ2) is 3.63. The first-order valence-corrected chi connectivity index (χ1v) is 5.84. The van der Waals surface area contributed by atoms with Crippen LogP contribution < -0.4 is 0 Å². The average Bonchev–Trinajstić information content (AvgIpc) is 2.84. The minimum atomic E-state index is -0.0523. The van der Waals surface area contributed by atoms with Gasteiger partial charge in [-0.2, -0.15) is 0 Å². The quantitative estimate of drug-likeness (QED) is 0.749. The van der Waals surface area contributed by atoms with Gasteiger partial charge in [-0.15, -0.1) is 0 Å². The van der Waals surface area contributed by atoms with E-state index >= 15 is 0 Å². The Labute approximate surface area is 98.2 Å². The number of furan rings is 1. The molecular formula is C13H11ClO2. The van der Waals surface area contributed by atoms with Gasteiger partial charge in [0.2, 0.25) is 0 Å². The number of fused-ring (bicyclic) bond motifs is 1. The number of para-hydroxylation sites is 1. The fourth-order valence-corrected chi connectivity index (χ4v) is 2.56. The van der Waals surface area contributed by atoms with Crippen LogP contribution in [0.4, 0.5) is 0 Å². The van der Waals surface area contributed by atoms with Gasteiger partial charge in [-0.1, -0.05) is 23.7 Å². The topological polar surface area (TPSA) is 30.2 Å². The Morgan fingerprint density at radius 1 is 1.38 bits per heavy atom. The summed E-state index contributed by atoms with van der Waals surface area (Å²) in [5.41, 5.74) is 0.693. The first-order valence-electron chi connectivity index (χ1n) is 5.46. The van der Waals surface area contributed by atoms with Gasteiger partial charge in [-0.3, -0.25) is 4.79 Å². The number of Topliss-reactive ketones (excluding diaryl/α,β-unsaturated/α-hetero) is 1. The maximum atomic E-state index is 11.6. The lowest BCUT2D eigenvalue weighted by molar-refractivity contribution is -0.118. The predicted octanol–water partition coefficient (Wildman–Crippen LogP) is 3.92. The van der Waals surface area contributed by atoms with Crippen molar-refractivity contribution >= 4 is 28.4 Å². The van der Waals surface area contributed by atoms with Gasteiger partial charge in [0.05, 0.1) is 10.9 Å². The van der Waals surface area contributed by atoms with Gasteiger partial charge in [0.25, 0.3) is 0 Å². The number of hydrogen-bond donors (Lipinski definition) is 0. The van der Waals surface area contributed by atoms with Crippen molar-refractivity contribution in [2.75, 3.05) is 0 Å². The Bertz CT molecular complexity index is 556. The van der Waals surface area contributed by atoms with E-state index in [1.807, 2.05) is 18.2 Å². The molecule has 1 heterocycles. The van der Waals surface area contributed by atoms with Crippen molar-refractivity contribution in [2.45, 2.75) is 25.2 Å². The second-order valence-corrected chi connectivity index (χ2v) is 4.63. The Morgan fingerprint density at radius 3 is 2.94 bits per heavy atom. The van der Waals surface area contributed by atoms with Crippen molar-refractivity contribution in [3.63, 3.8) is 0 Å². The summed E-state index contributed by atoms with van der Waals surface area (Å²) in [5, 5.41) is 1.58. The van der Waals surface area contributed by atoms with Gasteiger partial charge in [0.15, 0.2) is 5.58 Å². The van der Waals surface area contributed by atoms with Gasteiger partial charge in [0.1, 0.15) is 11.5 Å². The van der Waals surface area contributed by atoms with E-state index in [-0.39, 0.29) is 11.7 Å². The number of carbonyl (C=O) groups excluding carboxylic acids is 1. The molecule has 3 heteroatoms. The molecule has 0 amide bonds. The molecule has 2 aromatic rings. The molecule has 0 spiro atoms. The number of carbonyl (C=O) groups is 1. The normalized spacial score (nSPS) is 20.8. The van der Waals surface area contributed by atoms with Crippen LogP contribution in [-0.4, -0.2) is 5.78 Å². The maximum Gasteiger partial charge on any atom is 0.152 e. The van der Waals surface area contributed by atoms with E-state index in [4.69, 9.17) is 16.0 Å². The number of benzene rings is 1. The van der Waals surface area contributed by atoms with Crippen LogP contribution in [0.2, 0.25) is 5.02 Å². The third kappa shape index (κ3) is 1.45. The molecule has 1 atom stereocenters. The number of hydrogen-bond acceptors (Lipinski definition) is 2. The third-order valence-corrected chi connectivity index (χ3v) is 3.46. The van der Waals surface area contributed by atoms with Crippen molar-refractivity contribution in [1.29, 1.82) is 0 Å². The van der Waals surface area contributed by atoms with E-state index in [0.717, 1.165) is 24.0 Å². The molecule has 0 aliphatic heterocycles. The van der Waals surface area contributed by atoms with E-state index in [1.165, 1.54) is 0 Å². The Balaban J connectivity index is 2.11. The Hall–Kier alpha value is -1.28. The predicted molar refractivity (Wildman–Crippen MR) is 62.8 cm³/mol. The van der Waals surface area contributed by atoms with Crippen molar-refractivity contribution in [2.24, 2.45) is 0 Å². The molecule has 82 valence electrons. The van der Waals surface area contributed by atoms with E-state index in [9.17, 15) is 4.79 Å². The highest BCUT2D eigenvalue weighted by atomic mass is 35.5. The van der Waals surface area contributed by atoms with Gasteiger partial charge >= 0.3 is 0 Å². The largest absolute Gasteiger partial charge is 0.459 e. The van der Waals surface area contributed by atoms with Crippen LogP contribution in [-0.2, 0) is 4.79 Å². The third-order valence-electron chi connectivity index (χ3n) is 3.16. The van der Waals surface area contributed by atoms with E-state index in [1.54, 1.807) is 6.07 Å². The molecule has 0 bridgehead atoms. The van der Waals surface area contributed by atoms with Gasteiger partial charge in [0, 0.05) is 11.8 Å². The number of rotatable bonds is 1. The molecule has 1 aromatic heterocycles. The summed E-state index contributed by atoms with van der Waals surface area (Å²) >= 11 is 6.03. The highest BCUT2D eigenvalue weighted by Crippen LogP contribution is 2.36. The van der Waals surface area contributed by atoms with Crippen molar-refractivity contribution in [3.05, 3.63) is 35.0 Å². The molecule has 0 radical (unpaired) electrons. The fraction of sp³-hybridized carbons (Fsp3) is 0.308. The fourth-order valence-electron chi connectivity index (χ4n) is 2.34. The smallest absolute Gasteiger partial charge is 0.152 e. The van der Waals surface area contributed by atoms with Gasteiger partial charge < -0.3 is 4.42 Å². The van der Waals surface area contributed by atoms with Crippen molar-refractivity contribution < 1.29 is 9.21 Å². The summed E-state index contributed by atoms with van der Waals surface area (Å²) < 4.78 is 5.70. The molecule has 16 heavy (non-hydrogen) atoms. The van der Waals surface area contributed by atoms with Crippen molar-refractivity contribution in [3.8, 4) is 0 Å². The van der Waals surface area contributed by atoms with Crippen LogP contribution in [0.25, 0.3) is 11.0 Å². The number of halogens is 1. The molecule has 0 N–H and O–H groups in total. The molecule has 1 aliphatic rings. The van der Waals surface area contributed by atoms with E-state index in [2.05, 4.69) is 0 Å². The summed E-state index contributed by atoms with van der Waals surface area (Å²) in [6.07, 6.45) is 2.54. The van der Waals surface area contributed by atoms with Crippen LogP contribution in [0.1, 0.15) is 30.9 Å². The van der Waals surface area contributed by atoms with Crippen LogP contribution in [0.3, 0.4) is 0 Å². The molecule has 3 rings (SSSR count). The zero-order valence-electron chi connectivity index (χ0n) is 8.70. The molecule has 1 fully saturated rings. The Kier molecular flexibility index (Phi) is 2.25. The van der Waals surface area contributed by atoms with Crippen LogP contribution in [0, 0.1) is 0 Å². The summed E-state index contributed by atoms with van der Waals surface area (Å²) in [6.45, 7) is 0. The minimum absolute atomic E-state index is 0.0523. The first-order chi connectivity index (χ1) is 7.75. The lowest BCUT2D eigenvalue weighted by atomic mass is 10.0. The summed E-state index contributed by atoms with van der Waals surface area (Å²) in [5.74, 6) is 1.00. The van der Waals surface area contributed by atoms with Gasteiger partial charge in [-0.25, -0.2) is 0 Å².